The van der Waals surface area contributed by atoms with Crippen molar-refractivity contribution in [2.24, 2.45) is 0 Å². The van der Waals surface area contributed by atoms with Gasteiger partial charge in [-0.1, -0.05) is 35.0 Å². The van der Waals surface area contributed by atoms with E-state index >= 15 is 0 Å². The second kappa shape index (κ2) is 7.41. The zero-order chi connectivity index (χ0) is 14.5. The van der Waals surface area contributed by atoms with E-state index in [1.54, 1.807) is 6.92 Å². The molecule has 0 fully saturated rings. The summed E-state index contributed by atoms with van der Waals surface area (Å²) in [5.74, 6) is 0. The van der Waals surface area contributed by atoms with Gasteiger partial charge in [-0.3, -0.25) is 0 Å². The lowest BCUT2D eigenvalue weighted by Gasteiger charge is -2.24. The smallest absolute Gasteiger partial charge is 0.151 e. The summed E-state index contributed by atoms with van der Waals surface area (Å²) in [5.41, 5.74) is 1.15. The molecule has 0 amide bonds. The fourth-order valence-electron chi connectivity index (χ4n) is 1.91. The summed E-state index contributed by atoms with van der Waals surface area (Å²) in [6.07, 6.45) is 3.02. The van der Waals surface area contributed by atoms with Crippen LogP contribution in [0, 0.1) is 0 Å². The Labute approximate surface area is 124 Å². The predicted octanol–water partition coefficient (Wildman–Crippen LogP) is 2.79. The summed E-state index contributed by atoms with van der Waals surface area (Å²) in [6, 6.07) is 7.98. The molecular weight excluding hydrogens is 326 g/mol. The van der Waals surface area contributed by atoms with Crippen LogP contribution in [0.15, 0.2) is 28.7 Å². The van der Waals surface area contributed by atoms with Crippen molar-refractivity contribution in [1.82, 2.24) is 5.32 Å². The first-order valence-electron chi connectivity index (χ1n) is 6.51. The Balaban J connectivity index is 2.82. The third kappa shape index (κ3) is 5.63. The molecule has 2 atom stereocenters. The zero-order valence-electron chi connectivity index (χ0n) is 11.7. The van der Waals surface area contributed by atoms with Crippen molar-refractivity contribution in [2.45, 2.75) is 38.0 Å². The minimum atomic E-state index is -3.03. The van der Waals surface area contributed by atoms with Gasteiger partial charge in [0.25, 0.3) is 0 Å². The molecule has 0 spiro atoms. The Bertz CT molecular complexity index is 485. The highest BCUT2D eigenvalue weighted by Crippen LogP contribution is 2.15. The molecule has 0 aliphatic carbocycles. The third-order valence-electron chi connectivity index (χ3n) is 3.27. The molecule has 1 rings (SSSR count). The molecule has 5 heteroatoms. The Morgan fingerprint density at radius 1 is 1.26 bits per heavy atom. The highest BCUT2D eigenvalue weighted by atomic mass is 79.9. The van der Waals surface area contributed by atoms with Gasteiger partial charge in [0, 0.05) is 16.8 Å². The maximum absolute atomic E-state index is 11.7. The average molecular weight is 348 g/mol. The van der Waals surface area contributed by atoms with Gasteiger partial charge in [0.2, 0.25) is 0 Å². The second-order valence-electron chi connectivity index (χ2n) is 4.93. The van der Waals surface area contributed by atoms with Crippen molar-refractivity contribution in [3.63, 3.8) is 0 Å². The summed E-state index contributed by atoms with van der Waals surface area (Å²) in [7, 11) is -3.03. The Hall–Kier alpha value is -0.390. The van der Waals surface area contributed by atoms with Gasteiger partial charge in [-0.05, 0) is 44.0 Å². The van der Waals surface area contributed by atoms with Crippen LogP contribution in [-0.4, -0.2) is 32.5 Å². The molecule has 2 unspecified atom stereocenters. The number of benzene rings is 1. The van der Waals surface area contributed by atoms with Crippen LogP contribution in [0.25, 0.3) is 0 Å². The standard InChI is InChI=1S/C14H22BrNO2S/c1-4-9-16-14(11(2)19(3,17)18)10-12-5-7-13(15)8-6-12/h5-8,11,14,16H,4,9-10H2,1-3H3. The number of hydrogen-bond acceptors (Lipinski definition) is 3. The SMILES string of the molecule is CCCNC(Cc1ccc(Br)cc1)C(C)S(C)(=O)=O. The first-order chi connectivity index (χ1) is 8.84. The number of rotatable bonds is 7. The molecule has 19 heavy (non-hydrogen) atoms. The quantitative estimate of drug-likeness (QED) is 0.824. The Kier molecular flexibility index (Phi) is 6.50. The molecule has 0 saturated heterocycles. The molecule has 0 saturated carbocycles. The van der Waals surface area contributed by atoms with Crippen molar-refractivity contribution in [1.29, 1.82) is 0 Å². The number of halogens is 1. The van der Waals surface area contributed by atoms with Crippen molar-refractivity contribution < 1.29 is 8.42 Å². The Morgan fingerprint density at radius 3 is 2.32 bits per heavy atom. The lowest BCUT2D eigenvalue weighted by molar-refractivity contribution is 0.482. The summed E-state index contributed by atoms with van der Waals surface area (Å²) in [6.45, 7) is 4.69. The lowest BCUT2D eigenvalue weighted by atomic mass is 10.0. The highest BCUT2D eigenvalue weighted by molar-refractivity contribution is 9.10. The van der Waals surface area contributed by atoms with E-state index in [-0.39, 0.29) is 11.3 Å². The van der Waals surface area contributed by atoms with Crippen LogP contribution < -0.4 is 5.32 Å². The normalized spacial score (nSPS) is 15.2. The number of hydrogen-bond donors (Lipinski definition) is 1. The molecule has 108 valence electrons. The average Bonchev–Trinajstić information content (AvgIpc) is 2.35. The van der Waals surface area contributed by atoms with Gasteiger partial charge in [0.1, 0.15) is 0 Å². The molecule has 0 radical (unpaired) electrons. The molecule has 0 aliphatic rings. The predicted molar refractivity (Wildman–Crippen MR) is 84.2 cm³/mol. The van der Waals surface area contributed by atoms with E-state index in [1.165, 1.54) is 6.26 Å². The van der Waals surface area contributed by atoms with E-state index in [2.05, 4.69) is 28.2 Å². The van der Waals surface area contributed by atoms with Crippen LogP contribution in [-0.2, 0) is 16.3 Å². The maximum atomic E-state index is 11.7. The van der Waals surface area contributed by atoms with E-state index < -0.39 is 9.84 Å². The van der Waals surface area contributed by atoms with E-state index in [4.69, 9.17) is 0 Å². The van der Waals surface area contributed by atoms with Gasteiger partial charge in [0.15, 0.2) is 9.84 Å². The third-order valence-corrected chi connectivity index (χ3v) is 5.48. The molecule has 0 heterocycles. The fraction of sp³-hybridized carbons (Fsp3) is 0.571. The first-order valence-corrected chi connectivity index (χ1v) is 9.26. The maximum Gasteiger partial charge on any atom is 0.151 e. The van der Waals surface area contributed by atoms with E-state index in [0.29, 0.717) is 0 Å². The number of nitrogens with one attached hydrogen (secondary N) is 1. The van der Waals surface area contributed by atoms with Crippen LogP contribution in [0.5, 0.6) is 0 Å². The topological polar surface area (TPSA) is 46.2 Å². The van der Waals surface area contributed by atoms with E-state index in [0.717, 1.165) is 29.4 Å². The first kappa shape index (κ1) is 16.7. The zero-order valence-corrected chi connectivity index (χ0v) is 14.1. The summed E-state index contributed by atoms with van der Waals surface area (Å²) in [4.78, 5) is 0. The molecule has 1 aromatic rings. The van der Waals surface area contributed by atoms with Crippen LogP contribution in [0.3, 0.4) is 0 Å². The van der Waals surface area contributed by atoms with Crippen LogP contribution in [0.2, 0.25) is 0 Å². The molecule has 1 N–H and O–H groups in total. The monoisotopic (exact) mass is 347 g/mol. The lowest BCUT2D eigenvalue weighted by Crippen LogP contribution is -2.44. The van der Waals surface area contributed by atoms with Gasteiger partial charge in [0.05, 0.1) is 5.25 Å². The van der Waals surface area contributed by atoms with Gasteiger partial charge < -0.3 is 5.32 Å². The van der Waals surface area contributed by atoms with Crippen molar-refractivity contribution in [3.05, 3.63) is 34.3 Å². The minimum Gasteiger partial charge on any atom is -0.312 e. The van der Waals surface area contributed by atoms with Gasteiger partial charge in [-0.15, -0.1) is 0 Å². The van der Waals surface area contributed by atoms with Crippen LogP contribution in [0.1, 0.15) is 25.8 Å². The molecule has 0 bridgehead atoms. The molecule has 1 aromatic carbocycles. The highest BCUT2D eigenvalue weighted by Gasteiger charge is 2.25. The molecular formula is C14H22BrNO2S. The van der Waals surface area contributed by atoms with E-state index in [1.807, 2.05) is 24.3 Å². The van der Waals surface area contributed by atoms with Gasteiger partial charge in [-0.2, -0.15) is 0 Å². The summed E-state index contributed by atoms with van der Waals surface area (Å²) < 4.78 is 24.5. The molecule has 0 aromatic heterocycles. The minimum absolute atomic E-state index is 0.0453. The van der Waals surface area contributed by atoms with Crippen LogP contribution in [0.4, 0.5) is 0 Å². The van der Waals surface area contributed by atoms with E-state index in [9.17, 15) is 8.42 Å². The van der Waals surface area contributed by atoms with Crippen molar-refractivity contribution >= 4 is 25.8 Å². The summed E-state index contributed by atoms with van der Waals surface area (Å²) in [5, 5.41) is 2.96. The Morgan fingerprint density at radius 2 is 1.84 bits per heavy atom. The van der Waals surface area contributed by atoms with Gasteiger partial charge in [-0.25, -0.2) is 8.42 Å². The van der Waals surface area contributed by atoms with Crippen LogP contribution >= 0.6 is 15.9 Å². The fourth-order valence-corrected chi connectivity index (χ4v) is 2.96. The van der Waals surface area contributed by atoms with Crippen molar-refractivity contribution in [3.8, 4) is 0 Å². The largest absolute Gasteiger partial charge is 0.312 e. The summed E-state index contributed by atoms with van der Waals surface area (Å²) >= 11 is 3.40. The van der Waals surface area contributed by atoms with Gasteiger partial charge >= 0.3 is 0 Å². The van der Waals surface area contributed by atoms with Crippen molar-refractivity contribution in [2.75, 3.05) is 12.8 Å². The molecule has 3 nitrogen and oxygen atoms in total. The molecule has 0 aliphatic heterocycles. The number of sulfone groups is 1. The second-order valence-corrected chi connectivity index (χ2v) is 8.24.